The molecule has 1 aliphatic carbocycles. The Morgan fingerprint density at radius 3 is 2.67 bits per heavy atom. The Bertz CT molecular complexity index is 630. The zero-order valence-corrected chi connectivity index (χ0v) is 13.8. The SMILES string of the molecule is COc1ccccc1CCC(=O)OCC(=O)NC1(C#N)CCCC1. The van der Waals surface area contributed by atoms with Gasteiger partial charge < -0.3 is 14.8 Å². The predicted octanol–water partition coefficient (Wildman–Crippen LogP) is 2.12. The molecular formula is C18H22N2O4. The molecule has 1 fully saturated rings. The summed E-state index contributed by atoms with van der Waals surface area (Å²) in [5.74, 6) is -0.155. The highest BCUT2D eigenvalue weighted by Gasteiger charge is 2.35. The van der Waals surface area contributed by atoms with Gasteiger partial charge in [-0.15, -0.1) is 0 Å². The van der Waals surface area contributed by atoms with Crippen LogP contribution in [0.2, 0.25) is 0 Å². The molecule has 1 aromatic rings. The van der Waals surface area contributed by atoms with Crippen LogP contribution >= 0.6 is 0 Å². The number of amides is 1. The summed E-state index contributed by atoms with van der Waals surface area (Å²) in [4.78, 5) is 23.7. The lowest BCUT2D eigenvalue weighted by atomic mass is 10.00. The van der Waals surface area contributed by atoms with Crippen molar-refractivity contribution in [2.24, 2.45) is 0 Å². The number of nitriles is 1. The minimum Gasteiger partial charge on any atom is -0.496 e. The van der Waals surface area contributed by atoms with E-state index in [-0.39, 0.29) is 13.0 Å². The second-order valence-corrected chi connectivity index (χ2v) is 5.92. The lowest BCUT2D eigenvalue weighted by Crippen LogP contribution is -2.46. The molecule has 128 valence electrons. The first kappa shape index (κ1) is 17.8. The summed E-state index contributed by atoms with van der Waals surface area (Å²) < 4.78 is 10.2. The monoisotopic (exact) mass is 330 g/mol. The van der Waals surface area contributed by atoms with Crippen molar-refractivity contribution >= 4 is 11.9 Å². The number of benzene rings is 1. The molecule has 1 aliphatic rings. The summed E-state index contributed by atoms with van der Waals surface area (Å²) in [5, 5.41) is 11.9. The van der Waals surface area contributed by atoms with E-state index in [0.717, 1.165) is 24.2 Å². The number of nitrogens with zero attached hydrogens (tertiary/aromatic N) is 1. The minimum atomic E-state index is -0.791. The summed E-state index contributed by atoms with van der Waals surface area (Å²) in [6, 6.07) is 9.62. The van der Waals surface area contributed by atoms with Crippen molar-refractivity contribution in [1.82, 2.24) is 5.32 Å². The summed E-state index contributed by atoms with van der Waals surface area (Å²) in [7, 11) is 1.58. The van der Waals surface area contributed by atoms with Gasteiger partial charge in [0, 0.05) is 6.42 Å². The van der Waals surface area contributed by atoms with Crippen molar-refractivity contribution in [3.05, 3.63) is 29.8 Å². The Morgan fingerprint density at radius 2 is 2.00 bits per heavy atom. The number of methoxy groups -OCH3 is 1. The van der Waals surface area contributed by atoms with Gasteiger partial charge in [0.1, 0.15) is 11.3 Å². The van der Waals surface area contributed by atoms with E-state index in [4.69, 9.17) is 9.47 Å². The maximum atomic E-state index is 11.9. The van der Waals surface area contributed by atoms with E-state index in [1.165, 1.54) is 0 Å². The highest BCUT2D eigenvalue weighted by atomic mass is 16.5. The molecule has 6 nitrogen and oxygen atoms in total. The summed E-state index contributed by atoms with van der Waals surface area (Å²) in [5.41, 5.74) is 0.122. The van der Waals surface area contributed by atoms with Gasteiger partial charge in [-0.05, 0) is 43.7 Å². The number of hydrogen-bond acceptors (Lipinski definition) is 5. The molecule has 0 radical (unpaired) electrons. The summed E-state index contributed by atoms with van der Waals surface area (Å²) in [6.07, 6.45) is 3.79. The van der Waals surface area contributed by atoms with Crippen LogP contribution in [0.5, 0.6) is 5.75 Å². The second-order valence-electron chi connectivity index (χ2n) is 5.92. The maximum absolute atomic E-state index is 11.9. The van der Waals surface area contributed by atoms with Crippen molar-refractivity contribution in [3.8, 4) is 11.8 Å². The van der Waals surface area contributed by atoms with E-state index < -0.39 is 17.4 Å². The molecule has 0 atom stereocenters. The fraction of sp³-hybridized carbons (Fsp3) is 0.500. The Labute approximate surface area is 141 Å². The average Bonchev–Trinajstić information content (AvgIpc) is 3.07. The van der Waals surface area contributed by atoms with Gasteiger partial charge in [-0.2, -0.15) is 5.26 Å². The van der Waals surface area contributed by atoms with Crippen LogP contribution in [0.4, 0.5) is 0 Å². The number of carbonyl (C=O) groups excluding carboxylic acids is 2. The van der Waals surface area contributed by atoms with Crippen LogP contribution in [0.3, 0.4) is 0 Å². The van der Waals surface area contributed by atoms with Crippen molar-refractivity contribution in [2.75, 3.05) is 13.7 Å². The Kier molecular flexibility index (Phi) is 6.19. The van der Waals surface area contributed by atoms with E-state index in [1.54, 1.807) is 7.11 Å². The van der Waals surface area contributed by atoms with Crippen LogP contribution in [0.15, 0.2) is 24.3 Å². The predicted molar refractivity (Wildman–Crippen MR) is 87.2 cm³/mol. The molecular weight excluding hydrogens is 308 g/mol. The molecule has 0 spiro atoms. The number of para-hydroxylation sites is 1. The first-order valence-electron chi connectivity index (χ1n) is 8.08. The second kappa shape index (κ2) is 8.34. The number of nitrogens with one attached hydrogen (secondary N) is 1. The fourth-order valence-corrected chi connectivity index (χ4v) is 2.91. The van der Waals surface area contributed by atoms with Crippen molar-refractivity contribution < 1.29 is 19.1 Å². The molecule has 1 saturated carbocycles. The highest BCUT2D eigenvalue weighted by Crippen LogP contribution is 2.28. The Hall–Kier alpha value is -2.55. The molecule has 0 bridgehead atoms. The molecule has 2 rings (SSSR count). The molecule has 24 heavy (non-hydrogen) atoms. The van der Waals surface area contributed by atoms with E-state index in [2.05, 4.69) is 11.4 Å². The van der Waals surface area contributed by atoms with Crippen LogP contribution in [0.1, 0.15) is 37.7 Å². The third-order valence-corrected chi connectivity index (χ3v) is 4.21. The zero-order valence-electron chi connectivity index (χ0n) is 13.8. The van der Waals surface area contributed by atoms with Gasteiger partial charge in [-0.1, -0.05) is 18.2 Å². The van der Waals surface area contributed by atoms with E-state index >= 15 is 0 Å². The number of carbonyl (C=O) groups is 2. The van der Waals surface area contributed by atoms with E-state index in [9.17, 15) is 14.9 Å². The van der Waals surface area contributed by atoms with Crippen LogP contribution in [0, 0.1) is 11.3 Å². The van der Waals surface area contributed by atoms with Gasteiger partial charge in [0.05, 0.1) is 13.2 Å². The number of ether oxygens (including phenoxy) is 2. The number of aryl methyl sites for hydroxylation is 1. The third kappa shape index (κ3) is 4.72. The van der Waals surface area contributed by atoms with Gasteiger partial charge in [-0.25, -0.2) is 0 Å². The molecule has 0 unspecified atom stereocenters. The average molecular weight is 330 g/mol. The van der Waals surface area contributed by atoms with E-state index in [1.807, 2.05) is 24.3 Å². The molecule has 1 aromatic carbocycles. The quantitative estimate of drug-likeness (QED) is 0.774. The molecule has 0 aromatic heterocycles. The van der Waals surface area contributed by atoms with Gasteiger partial charge >= 0.3 is 5.97 Å². The van der Waals surface area contributed by atoms with Gasteiger partial charge in [0.2, 0.25) is 0 Å². The van der Waals surface area contributed by atoms with Crippen molar-refractivity contribution in [1.29, 1.82) is 5.26 Å². The molecule has 1 amide bonds. The van der Waals surface area contributed by atoms with Crippen LogP contribution in [0.25, 0.3) is 0 Å². The standard InChI is InChI=1S/C18H22N2O4/c1-23-15-7-3-2-6-14(15)8-9-17(22)24-12-16(21)20-18(13-19)10-4-5-11-18/h2-3,6-7H,4-5,8-12H2,1H3,(H,20,21). The minimum absolute atomic E-state index is 0.164. The first-order valence-corrected chi connectivity index (χ1v) is 8.08. The normalized spacial score (nSPS) is 15.3. The lowest BCUT2D eigenvalue weighted by Gasteiger charge is -2.21. The third-order valence-electron chi connectivity index (χ3n) is 4.21. The fourth-order valence-electron chi connectivity index (χ4n) is 2.91. The Morgan fingerprint density at radius 1 is 1.29 bits per heavy atom. The zero-order chi connectivity index (χ0) is 17.4. The maximum Gasteiger partial charge on any atom is 0.306 e. The lowest BCUT2D eigenvalue weighted by molar-refractivity contribution is -0.148. The number of rotatable bonds is 7. The van der Waals surface area contributed by atoms with Gasteiger partial charge in [-0.3, -0.25) is 9.59 Å². The van der Waals surface area contributed by atoms with Crippen LogP contribution in [-0.4, -0.2) is 31.1 Å². The van der Waals surface area contributed by atoms with E-state index in [0.29, 0.717) is 19.3 Å². The molecule has 0 heterocycles. The smallest absolute Gasteiger partial charge is 0.306 e. The van der Waals surface area contributed by atoms with Gasteiger partial charge in [0.15, 0.2) is 6.61 Å². The molecule has 6 heteroatoms. The topological polar surface area (TPSA) is 88.4 Å². The number of hydrogen-bond donors (Lipinski definition) is 1. The largest absolute Gasteiger partial charge is 0.496 e. The summed E-state index contributed by atoms with van der Waals surface area (Å²) in [6.45, 7) is -0.353. The number of esters is 1. The van der Waals surface area contributed by atoms with Gasteiger partial charge in [0.25, 0.3) is 5.91 Å². The molecule has 0 saturated heterocycles. The van der Waals surface area contributed by atoms with Crippen LogP contribution in [-0.2, 0) is 20.7 Å². The first-order chi connectivity index (χ1) is 11.6. The summed E-state index contributed by atoms with van der Waals surface area (Å²) >= 11 is 0. The van der Waals surface area contributed by atoms with Crippen molar-refractivity contribution in [3.63, 3.8) is 0 Å². The van der Waals surface area contributed by atoms with Crippen LogP contribution < -0.4 is 10.1 Å². The Balaban J connectivity index is 1.75. The molecule has 0 aliphatic heterocycles. The highest BCUT2D eigenvalue weighted by molar-refractivity contribution is 5.81. The van der Waals surface area contributed by atoms with Crippen molar-refractivity contribution in [2.45, 2.75) is 44.1 Å². The molecule has 1 N–H and O–H groups in total.